The van der Waals surface area contributed by atoms with Gasteiger partial charge in [-0.25, -0.2) is 0 Å². The maximum Gasteiger partial charge on any atom is 0.246 e. The predicted molar refractivity (Wildman–Crippen MR) is 59.6 cm³/mol. The number of furan rings is 1. The van der Waals surface area contributed by atoms with E-state index in [1.165, 1.54) is 12.5 Å². The summed E-state index contributed by atoms with van der Waals surface area (Å²) in [6.45, 7) is 0. The molecule has 0 spiro atoms. The summed E-state index contributed by atoms with van der Waals surface area (Å²) in [4.78, 5) is 34.4. The fourth-order valence-electron chi connectivity index (χ4n) is 1.96. The van der Waals surface area contributed by atoms with Gasteiger partial charge in [0.1, 0.15) is 11.7 Å². The molecule has 1 aromatic heterocycles. The van der Waals surface area contributed by atoms with Crippen LogP contribution in [0, 0.1) is 5.92 Å². The van der Waals surface area contributed by atoms with Crippen LogP contribution >= 0.6 is 0 Å². The molecule has 0 bridgehead atoms. The summed E-state index contributed by atoms with van der Waals surface area (Å²) in [6, 6.07) is 3.13. The highest BCUT2D eigenvalue weighted by atomic mass is 16.3. The average molecular weight is 249 g/mol. The Kier molecular flexibility index (Phi) is 2.88. The molecule has 0 aromatic carbocycles. The quantitative estimate of drug-likeness (QED) is 0.591. The highest BCUT2D eigenvalue weighted by Crippen LogP contribution is 2.34. The molecule has 3 amide bonds. The van der Waals surface area contributed by atoms with E-state index in [1.54, 1.807) is 12.1 Å². The largest absolute Gasteiger partial charge is 0.469 e. The molecular formula is C11H11N3O4. The number of rotatable bonds is 3. The summed E-state index contributed by atoms with van der Waals surface area (Å²) in [6.07, 6.45) is 2.55. The molecule has 2 heterocycles. The lowest BCUT2D eigenvalue weighted by Gasteiger charge is -2.26. The molecule has 1 aliphatic heterocycles. The molecule has 1 aromatic rings. The lowest BCUT2D eigenvalue weighted by atomic mass is 9.80. The van der Waals surface area contributed by atoms with Crippen LogP contribution in [0.25, 0.3) is 0 Å². The molecule has 0 saturated carbocycles. The van der Waals surface area contributed by atoms with E-state index in [0.29, 0.717) is 5.76 Å². The molecule has 7 heteroatoms. The second-order valence-electron chi connectivity index (χ2n) is 3.85. The smallest absolute Gasteiger partial charge is 0.246 e. The van der Waals surface area contributed by atoms with Crippen molar-refractivity contribution in [1.82, 2.24) is 5.32 Å². The second kappa shape index (κ2) is 4.36. The number of amides is 3. The van der Waals surface area contributed by atoms with Gasteiger partial charge in [0.05, 0.1) is 12.2 Å². The molecule has 18 heavy (non-hydrogen) atoms. The number of carbonyl (C=O) groups is 3. The van der Waals surface area contributed by atoms with Crippen LogP contribution in [-0.2, 0) is 14.4 Å². The Morgan fingerprint density at radius 1 is 1.33 bits per heavy atom. The van der Waals surface area contributed by atoms with Crippen molar-refractivity contribution < 1.29 is 18.8 Å². The SMILES string of the molecule is NC(=O)C1=CNC(=O)C(C(N)=O)C1c1ccco1. The van der Waals surface area contributed by atoms with E-state index < -0.39 is 29.6 Å². The van der Waals surface area contributed by atoms with Gasteiger partial charge in [-0.2, -0.15) is 0 Å². The third-order valence-corrected chi connectivity index (χ3v) is 2.76. The zero-order valence-electron chi connectivity index (χ0n) is 9.25. The van der Waals surface area contributed by atoms with Gasteiger partial charge in [-0.1, -0.05) is 0 Å². The lowest BCUT2D eigenvalue weighted by Crippen LogP contribution is -2.46. The van der Waals surface area contributed by atoms with E-state index in [-0.39, 0.29) is 5.57 Å². The van der Waals surface area contributed by atoms with Gasteiger partial charge >= 0.3 is 0 Å². The van der Waals surface area contributed by atoms with Gasteiger partial charge < -0.3 is 21.2 Å². The predicted octanol–water partition coefficient (Wildman–Crippen LogP) is -1.04. The molecule has 94 valence electrons. The Balaban J connectivity index is 2.53. The normalized spacial score (nSPS) is 23.1. The van der Waals surface area contributed by atoms with Crippen LogP contribution < -0.4 is 16.8 Å². The van der Waals surface area contributed by atoms with Crippen molar-refractivity contribution >= 4 is 17.7 Å². The molecule has 2 atom stereocenters. The Morgan fingerprint density at radius 3 is 2.56 bits per heavy atom. The van der Waals surface area contributed by atoms with Crippen LogP contribution in [0.1, 0.15) is 11.7 Å². The van der Waals surface area contributed by atoms with Crippen LogP contribution in [0.5, 0.6) is 0 Å². The summed E-state index contributed by atoms with van der Waals surface area (Å²) < 4.78 is 5.15. The summed E-state index contributed by atoms with van der Waals surface area (Å²) in [5, 5.41) is 2.29. The number of carbonyl (C=O) groups excluding carboxylic acids is 3. The second-order valence-corrected chi connectivity index (χ2v) is 3.85. The van der Waals surface area contributed by atoms with E-state index >= 15 is 0 Å². The minimum absolute atomic E-state index is 0.0772. The van der Waals surface area contributed by atoms with Crippen LogP contribution in [-0.4, -0.2) is 17.7 Å². The lowest BCUT2D eigenvalue weighted by molar-refractivity contribution is -0.134. The van der Waals surface area contributed by atoms with Crippen molar-refractivity contribution in [2.45, 2.75) is 5.92 Å². The highest BCUT2D eigenvalue weighted by Gasteiger charge is 2.42. The summed E-state index contributed by atoms with van der Waals surface area (Å²) in [5.41, 5.74) is 10.5. The third-order valence-electron chi connectivity index (χ3n) is 2.76. The van der Waals surface area contributed by atoms with Gasteiger partial charge in [0, 0.05) is 11.8 Å². The maximum atomic E-state index is 11.7. The van der Waals surface area contributed by atoms with Crippen LogP contribution in [0.2, 0.25) is 0 Å². The zero-order chi connectivity index (χ0) is 13.3. The molecule has 5 N–H and O–H groups in total. The van der Waals surface area contributed by atoms with Gasteiger partial charge in [0.25, 0.3) is 0 Å². The Bertz CT molecular complexity index is 532. The van der Waals surface area contributed by atoms with Crippen molar-refractivity contribution in [1.29, 1.82) is 0 Å². The molecule has 0 aliphatic carbocycles. The van der Waals surface area contributed by atoms with Crippen LogP contribution in [0.15, 0.2) is 34.6 Å². The number of hydrogen-bond acceptors (Lipinski definition) is 4. The molecule has 2 rings (SSSR count). The molecule has 2 unspecified atom stereocenters. The minimum Gasteiger partial charge on any atom is -0.469 e. The number of nitrogens with one attached hydrogen (secondary N) is 1. The third kappa shape index (κ3) is 1.86. The first kappa shape index (κ1) is 11.9. The summed E-state index contributed by atoms with van der Waals surface area (Å²) in [5.74, 6) is -4.00. The number of hydrogen-bond donors (Lipinski definition) is 3. The van der Waals surface area contributed by atoms with Crippen molar-refractivity contribution in [2.24, 2.45) is 17.4 Å². The standard InChI is InChI=1S/C11H11N3O4/c12-9(15)5-4-14-11(17)8(10(13)16)7(5)6-2-1-3-18-6/h1-4,7-8H,(H2,12,15)(H2,13,16)(H,14,17). The fourth-order valence-corrected chi connectivity index (χ4v) is 1.96. The Hall–Kier alpha value is -2.57. The van der Waals surface area contributed by atoms with Crippen molar-refractivity contribution in [3.05, 3.63) is 35.9 Å². The van der Waals surface area contributed by atoms with E-state index in [1.807, 2.05) is 0 Å². The van der Waals surface area contributed by atoms with E-state index in [9.17, 15) is 14.4 Å². The molecule has 0 radical (unpaired) electrons. The summed E-state index contributed by atoms with van der Waals surface area (Å²) in [7, 11) is 0. The number of primary amides is 2. The van der Waals surface area contributed by atoms with Gasteiger partial charge in [-0.3, -0.25) is 14.4 Å². The Labute approximate surface area is 102 Å². The van der Waals surface area contributed by atoms with Crippen molar-refractivity contribution in [3.63, 3.8) is 0 Å². The molecule has 0 fully saturated rings. The first-order valence-electron chi connectivity index (χ1n) is 5.15. The van der Waals surface area contributed by atoms with Crippen molar-refractivity contribution in [3.8, 4) is 0 Å². The van der Waals surface area contributed by atoms with Gasteiger partial charge in [0.15, 0.2) is 0 Å². The first-order chi connectivity index (χ1) is 8.52. The molecule has 0 saturated heterocycles. The maximum absolute atomic E-state index is 11.7. The van der Waals surface area contributed by atoms with Gasteiger partial charge in [0.2, 0.25) is 17.7 Å². The first-order valence-corrected chi connectivity index (χ1v) is 5.15. The topological polar surface area (TPSA) is 128 Å². The fraction of sp³-hybridized carbons (Fsp3) is 0.182. The Morgan fingerprint density at radius 2 is 2.06 bits per heavy atom. The molecular weight excluding hydrogens is 238 g/mol. The van der Waals surface area contributed by atoms with Gasteiger partial charge in [-0.05, 0) is 12.1 Å². The van der Waals surface area contributed by atoms with E-state index in [4.69, 9.17) is 15.9 Å². The van der Waals surface area contributed by atoms with E-state index in [0.717, 1.165) is 0 Å². The van der Waals surface area contributed by atoms with Crippen LogP contribution in [0.3, 0.4) is 0 Å². The minimum atomic E-state index is -1.22. The molecule has 7 nitrogen and oxygen atoms in total. The van der Waals surface area contributed by atoms with Gasteiger partial charge in [-0.15, -0.1) is 0 Å². The highest BCUT2D eigenvalue weighted by molar-refractivity contribution is 6.06. The zero-order valence-corrected chi connectivity index (χ0v) is 9.25. The monoisotopic (exact) mass is 249 g/mol. The van der Waals surface area contributed by atoms with Crippen molar-refractivity contribution in [2.75, 3.05) is 0 Å². The van der Waals surface area contributed by atoms with Crippen LogP contribution in [0.4, 0.5) is 0 Å². The van der Waals surface area contributed by atoms with E-state index in [2.05, 4.69) is 5.32 Å². The summed E-state index contributed by atoms with van der Waals surface area (Å²) >= 11 is 0. The average Bonchev–Trinajstić information content (AvgIpc) is 2.80. The molecule has 1 aliphatic rings. The number of nitrogens with two attached hydrogens (primary N) is 2.